The van der Waals surface area contributed by atoms with E-state index in [9.17, 15) is 4.79 Å². The molecule has 1 saturated heterocycles. The van der Waals surface area contributed by atoms with Crippen LogP contribution in [0.4, 0.5) is 0 Å². The fraction of sp³-hybridized carbons (Fsp3) is 0.471. The summed E-state index contributed by atoms with van der Waals surface area (Å²) >= 11 is 0. The van der Waals surface area contributed by atoms with Gasteiger partial charge >= 0.3 is 0 Å². The number of aromatic nitrogens is 1. The zero-order chi connectivity index (χ0) is 14.3. The van der Waals surface area contributed by atoms with E-state index in [-0.39, 0.29) is 5.91 Å². The number of hydrogen-bond acceptors (Lipinski definition) is 1. The van der Waals surface area contributed by atoms with Gasteiger partial charge in [0.25, 0.3) is 5.91 Å². The number of hydrogen-bond donors (Lipinski definition) is 1. The lowest BCUT2D eigenvalue weighted by molar-refractivity contribution is 0.0677. The van der Waals surface area contributed by atoms with Gasteiger partial charge in [0.05, 0.1) is 0 Å². The molecule has 3 heteroatoms. The number of carbonyl (C=O) groups is 1. The fourth-order valence-electron chi connectivity index (χ4n) is 3.20. The van der Waals surface area contributed by atoms with Crippen molar-refractivity contribution in [1.82, 2.24) is 9.88 Å². The van der Waals surface area contributed by atoms with Crippen LogP contribution in [0.1, 0.15) is 41.4 Å². The molecule has 0 bridgehead atoms. The number of fused-ring (bicyclic) bond motifs is 1. The highest BCUT2D eigenvalue weighted by Crippen LogP contribution is 2.25. The van der Waals surface area contributed by atoms with Crippen molar-refractivity contribution in [3.63, 3.8) is 0 Å². The molecule has 0 radical (unpaired) electrons. The van der Waals surface area contributed by atoms with Crippen molar-refractivity contribution in [2.75, 3.05) is 13.1 Å². The molecule has 0 aliphatic carbocycles. The van der Waals surface area contributed by atoms with Crippen molar-refractivity contribution < 1.29 is 4.79 Å². The smallest absolute Gasteiger partial charge is 0.270 e. The standard InChI is InChI=1S/C17H22N2O/c1-11-6-7-14-13(3)16(18-15(14)9-11)17(20)19-8-4-5-12(2)10-19/h6-7,9,12,18H,4-5,8,10H2,1-3H3. The second-order valence-corrected chi connectivity index (χ2v) is 6.17. The quantitative estimate of drug-likeness (QED) is 0.843. The molecular formula is C17H22N2O. The SMILES string of the molecule is Cc1ccc2c(C)c(C(=O)N3CCCC(C)C3)[nH]c2c1. The van der Waals surface area contributed by atoms with Gasteiger partial charge in [0, 0.05) is 24.0 Å². The van der Waals surface area contributed by atoms with Gasteiger partial charge < -0.3 is 9.88 Å². The number of carbonyl (C=O) groups excluding carboxylic acids is 1. The zero-order valence-corrected chi connectivity index (χ0v) is 12.5. The van der Waals surface area contributed by atoms with Crippen molar-refractivity contribution in [3.05, 3.63) is 35.0 Å². The third-order valence-electron chi connectivity index (χ3n) is 4.37. The Bertz CT molecular complexity index is 656. The number of likely N-dealkylation sites (tertiary alicyclic amines) is 1. The number of piperidine rings is 1. The largest absolute Gasteiger partial charge is 0.350 e. The van der Waals surface area contributed by atoms with E-state index in [1.165, 1.54) is 12.0 Å². The molecule has 2 aromatic rings. The van der Waals surface area contributed by atoms with Crippen LogP contribution in [0, 0.1) is 19.8 Å². The molecule has 1 unspecified atom stereocenters. The minimum absolute atomic E-state index is 0.155. The second kappa shape index (κ2) is 4.97. The summed E-state index contributed by atoms with van der Waals surface area (Å²) in [5.41, 5.74) is 4.11. The normalized spacial score (nSPS) is 19.6. The predicted octanol–water partition coefficient (Wildman–Crippen LogP) is 3.66. The first kappa shape index (κ1) is 13.2. The first-order chi connectivity index (χ1) is 9.56. The lowest BCUT2D eigenvalue weighted by Gasteiger charge is -2.30. The summed E-state index contributed by atoms with van der Waals surface area (Å²) < 4.78 is 0. The summed E-state index contributed by atoms with van der Waals surface area (Å²) in [6.07, 6.45) is 2.35. The Kier molecular flexibility index (Phi) is 3.28. The molecule has 1 atom stereocenters. The molecule has 1 amide bonds. The molecule has 3 rings (SSSR count). The third kappa shape index (κ3) is 2.21. The Morgan fingerprint density at radius 2 is 2.15 bits per heavy atom. The highest BCUT2D eigenvalue weighted by Gasteiger charge is 2.24. The number of nitrogens with one attached hydrogen (secondary N) is 1. The summed E-state index contributed by atoms with van der Waals surface area (Å²) in [7, 11) is 0. The van der Waals surface area contributed by atoms with E-state index in [2.05, 4.69) is 37.0 Å². The number of aryl methyl sites for hydroxylation is 2. The molecule has 1 aliphatic heterocycles. The number of benzene rings is 1. The van der Waals surface area contributed by atoms with Crippen molar-refractivity contribution in [2.45, 2.75) is 33.6 Å². The first-order valence-electron chi connectivity index (χ1n) is 7.44. The Labute approximate surface area is 120 Å². The Hall–Kier alpha value is -1.77. The minimum Gasteiger partial charge on any atom is -0.350 e. The molecular weight excluding hydrogens is 248 g/mol. The molecule has 106 valence electrons. The maximum Gasteiger partial charge on any atom is 0.270 e. The van der Waals surface area contributed by atoms with Crippen LogP contribution in [0.15, 0.2) is 18.2 Å². The monoisotopic (exact) mass is 270 g/mol. The van der Waals surface area contributed by atoms with Crippen LogP contribution in [-0.4, -0.2) is 28.9 Å². The molecule has 3 nitrogen and oxygen atoms in total. The topological polar surface area (TPSA) is 36.1 Å². The van der Waals surface area contributed by atoms with Gasteiger partial charge in [0.15, 0.2) is 0 Å². The Balaban J connectivity index is 1.97. The van der Waals surface area contributed by atoms with Crippen molar-refractivity contribution in [3.8, 4) is 0 Å². The number of aromatic amines is 1. The Morgan fingerprint density at radius 1 is 1.35 bits per heavy atom. The molecule has 1 fully saturated rings. The van der Waals surface area contributed by atoms with Gasteiger partial charge in [-0.25, -0.2) is 0 Å². The molecule has 1 aliphatic rings. The highest BCUT2D eigenvalue weighted by atomic mass is 16.2. The number of nitrogens with zero attached hydrogens (tertiary/aromatic N) is 1. The first-order valence-corrected chi connectivity index (χ1v) is 7.44. The number of amides is 1. The maximum absolute atomic E-state index is 12.7. The molecule has 2 heterocycles. The minimum atomic E-state index is 0.155. The van der Waals surface area contributed by atoms with E-state index >= 15 is 0 Å². The van der Waals surface area contributed by atoms with Crippen LogP contribution in [0.25, 0.3) is 10.9 Å². The molecule has 1 aromatic carbocycles. The van der Waals surface area contributed by atoms with Gasteiger partial charge in [-0.15, -0.1) is 0 Å². The van der Waals surface area contributed by atoms with E-state index in [1.807, 2.05) is 11.8 Å². The molecule has 1 N–H and O–H groups in total. The summed E-state index contributed by atoms with van der Waals surface area (Å²) in [6, 6.07) is 6.31. The van der Waals surface area contributed by atoms with E-state index in [4.69, 9.17) is 0 Å². The third-order valence-corrected chi connectivity index (χ3v) is 4.37. The van der Waals surface area contributed by atoms with E-state index in [0.717, 1.165) is 41.7 Å². The second-order valence-electron chi connectivity index (χ2n) is 6.17. The average Bonchev–Trinajstić information content (AvgIpc) is 2.74. The van der Waals surface area contributed by atoms with E-state index < -0.39 is 0 Å². The van der Waals surface area contributed by atoms with Crippen molar-refractivity contribution in [1.29, 1.82) is 0 Å². The van der Waals surface area contributed by atoms with Gasteiger partial charge in [-0.1, -0.05) is 19.1 Å². The fourth-order valence-corrected chi connectivity index (χ4v) is 3.20. The highest BCUT2D eigenvalue weighted by molar-refractivity contribution is 6.01. The lowest BCUT2D eigenvalue weighted by atomic mass is 10.00. The summed E-state index contributed by atoms with van der Waals surface area (Å²) in [4.78, 5) is 18.0. The number of H-pyrrole nitrogens is 1. The van der Waals surface area contributed by atoms with Crippen molar-refractivity contribution >= 4 is 16.8 Å². The van der Waals surface area contributed by atoms with Gasteiger partial charge in [0.2, 0.25) is 0 Å². The van der Waals surface area contributed by atoms with Gasteiger partial charge in [0.1, 0.15) is 5.69 Å². The van der Waals surface area contributed by atoms with Crippen LogP contribution < -0.4 is 0 Å². The van der Waals surface area contributed by atoms with Crippen LogP contribution >= 0.6 is 0 Å². The Morgan fingerprint density at radius 3 is 2.90 bits per heavy atom. The van der Waals surface area contributed by atoms with Crippen molar-refractivity contribution in [2.24, 2.45) is 5.92 Å². The number of rotatable bonds is 1. The zero-order valence-electron chi connectivity index (χ0n) is 12.5. The van der Waals surface area contributed by atoms with Crippen LogP contribution in [-0.2, 0) is 0 Å². The van der Waals surface area contributed by atoms with Crippen LogP contribution in [0.5, 0.6) is 0 Å². The summed E-state index contributed by atoms with van der Waals surface area (Å²) in [5, 5.41) is 1.16. The molecule has 0 saturated carbocycles. The molecule has 0 spiro atoms. The van der Waals surface area contributed by atoms with E-state index in [1.54, 1.807) is 0 Å². The average molecular weight is 270 g/mol. The maximum atomic E-state index is 12.7. The van der Waals surface area contributed by atoms with Crippen LogP contribution in [0.3, 0.4) is 0 Å². The van der Waals surface area contributed by atoms with Gasteiger partial charge in [-0.2, -0.15) is 0 Å². The van der Waals surface area contributed by atoms with E-state index in [0.29, 0.717) is 5.92 Å². The summed E-state index contributed by atoms with van der Waals surface area (Å²) in [5.74, 6) is 0.766. The van der Waals surface area contributed by atoms with Gasteiger partial charge in [-0.3, -0.25) is 4.79 Å². The van der Waals surface area contributed by atoms with Gasteiger partial charge in [-0.05, 0) is 49.8 Å². The molecule has 20 heavy (non-hydrogen) atoms. The van der Waals surface area contributed by atoms with Crippen LogP contribution in [0.2, 0.25) is 0 Å². The summed E-state index contributed by atoms with van der Waals surface area (Å²) in [6.45, 7) is 8.10. The lowest BCUT2D eigenvalue weighted by Crippen LogP contribution is -2.39. The predicted molar refractivity (Wildman–Crippen MR) is 82.1 cm³/mol. The molecule has 1 aromatic heterocycles.